The second-order valence-electron chi connectivity index (χ2n) is 5.42. The van der Waals surface area contributed by atoms with Crippen molar-refractivity contribution in [1.29, 1.82) is 0 Å². The second kappa shape index (κ2) is 6.43. The minimum Gasteiger partial charge on any atom is -0.398 e. The first-order valence-electron chi connectivity index (χ1n) is 6.57. The summed E-state index contributed by atoms with van der Waals surface area (Å²) in [5, 5.41) is 3.00. The third kappa shape index (κ3) is 4.40. The lowest BCUT2D eigenvalue weighted by molar-refractivity contribution is 0.0937. The van der Waals surface area contributed by atoms with Gasteiger partial charge in [-0.3, -0.25) is 4.79 Å². The number of nitrogen functional groups attached to an aromatic ring is 1. The summed E-state index contributed by atoms with van der Waals surface area (Å²) in [5.41, 5.74) is 8.11. The highest BCUT2D eigenvalue weighted by Gasteiger charge is 2.10. The van der Waals surface area contributed by atoms with Gasteiger partial charge in [-0.15, -0.1) is 0 Å². The molecule has 0 aliphatic heterocycles. The summed E-state index contributed by atoms with van der Waals surface area (Å²) in [4.78, 5) is 12.0. The van der Waals surface area contributed by atoms with Gasteiger partial charge in [0.2, 0.25) is 0 Å². The number of nitrogens with one attached hydrogen (secondary N) is 1. The molecule has 1 unspecified atom stereocenters. The van der Waals surface area contributed by atoms with E-state index < -0.39 is 0 Å². The average molecular weight is 248 g/mol. The van der Waals surface area contributed by atoms with Gasteiger partial charge in [0, 0.05) is 17.3 Å². The van der Waals surface area contributed by atoms with Gasteiger partial charge in [0.15, 0.2) is 0 Å². The number of anilines is 1. The molecule has 3 N–H and O–H groups in total. The molecule has 3 heteroatoms. The van der Waals surface area contributed by atoms with Crippen LogP contribution in [0.15, 0.2) is 18.2 Å². The molecule has 0 spiro atoms. The molecule has 18 heavy (non-hydrogen) atoms. The molecule has 0 aromatic heterocycles. The lowest BCUT2D eigenvalue weighted by Crippen LogP contribution is -2.32. The fourth-order valence-corrected chi connectivity index (χ4v) is 1.74. The van der Waals surface area contributed by atoms with Crippen molar-refractivity contribution in [1.82, 2.24) is 5.32 Å². The lowest BCUT2D eigenvalue weighted by atomic mass is 10.0. The Bertz CT molecular complexity index is 413. The van der Waals surface area contributed by atoms with Crippen LogP contribution in [-0.4, -0.2) is 11.9 Å². The Morgan fingerprint density at radius 3 is 2.50 bits per heavy atom. The molecule has 1 amide bonds. The molecule has 0 fully saturated rings. The lowest BCUT2D eigenvalue weighted by Gasteiger charge is -2.15. The van der Waals surface area contributed by atoms with Crippen LogP contribution in [0.25, 0.3) is 0 Å². The molecule has 100 valence electrons. The maximum atomic E-state index is 12.0. The number of hydrogen-bond acceptors (Lipinski definition) is 2. The molecule has 0 heterocycles. The molecule has 1 aromatic carbocycles. The Kier molecular flexibility index (Phi) is 5.20. The van der Waals surface area contributed by atoms with E-state index in [0.717, 1.165) is 18.4 Å². The molecule has 0 saturated carbocycles. The highest BCUT2D eigenvalue weighted by Crippen LogP contribution is 2.13. The molecule has 0 aliphatic carbocycles. The molecule has 0 aliphatic rings. The molecule has 0 bridgehead atoms. The highest BCUT2D eigenvalue weighted by atomic mass is 16.1. The van der Waals surface area contributed by atoms with Crippen molar-refractivity contribution in [3.05, 3.63) is 29.3 Å². The van der Waals surface area contributed by atoms with Gasteiger partial charge in [0.05, 0.1) is 0 Å². The first-order valence-corrected chi connectivity index (χ1v) is 6.57. The van der Waals surface area contributed by atoms with Crippen LogP contribution in [0.3, 0.4) is 0 Å². The standard InChI is InChI=1S/C15H24N2O/c1-10(2)5-7-12(4)17-15(18)13-8-6-11(3)14(16)9-13/h6,8-10,12H,5,7,16H2,1-4H3,(H,17,18). The van der Waals surface area contributed by atoms with Gasteiger partial charge in [0.1, 0.15) is 0 Å². The first kappa shape index (κ1) is 14.6. The van der Waals surface area contributed by atoms with Crippen molar-refractivity contribution < 1.29 is 4.79 Å². The minimum absolute atomic E-state index is 0.0436. The summed E-state index contributed by atoms with van der Waals surface area (Å²) in [6.45, 7) is 8.35. The van der Waals surface area contributed by atoms with Crippen molar-refractivity contribution in [2.24, 2.45) is 5.92 Å². The van der Waals surface area contributed by atoms with Gasteiger partial charge in [0.25, 0.3) is 5.91 Å². The molecule has 1 aromatic rings. The maximum Gasteiger partial charge on any atom is 0.251 e. The van der Waals surface area contributed by atoms with Crippen LogP contribution in [-0.2, 0) is 0 Å². The largest absolute Gasteiger partial charge is 0.398 e. The van der Waals surface area contributed by atoms with Gasteiger partial charge >= 0.3 is 0 Å². The highest BCUT2D eigenvalue weighted by molar-refractivity contribution is 5.95. The Balaban J connectivity index is 2.56. The van der Waals surface area contributed by atoms with Gasteiger partial charge in [-0.05, 0) is 50.3 Å². The molecule has 0 radical (unpaired) electrons. The minimum atomic E-state index is -0.0436. The van der Waals surface area contributed by atoms with Gasteiger partial charge in [-0.2, -0.15) is 0 Å². The predicted molar refractivity (Wildman–Crippen MR) is 76.6 cm³/mol. The van der Waals surface area contributed by atoms with E-state index in [9.17, 15) is 4.79 Å². The van der Waals surface area contributed by atoms with Crippen molar-refractivity contribution in [2.75, 3.05) is 5.73 Å². The second-order valence-corrected chi connectivity index (χ2v) is 5.42. The number of aryl methyl sites for hydroxylation is 1. The number of carbonyl (C=O) groups is 1. The van der Waals surface area contributed by atoms with E-state index in [1.54, 1.807) is 6.07 Å². The molecular formula is C15H24N2O. The maximum absolute atomic E-state index is 12.0. The Morgan fingerprint density at radius 1 is 1.28 bits per heavy atom. The van der Waals surface area contributed by atoms with E-state index >= 15 is 0 Å². The van der Waals surface area contributed by atoms with Gasteiger partial charge < -0.3 is 11.1 Å². The van der Waals surface area contributed by atoms with E-state index in [4.69, 9.17) is 5.73 Å². The number of rotatable bonds is 5. The van der Waals surface area contributed by atoms with Crippen LogP contribution in [0, 0.1) is 12.8 Å². The zero-order valence-electron chi connectivity index (χ0n) is 11.8. The topological polar surface area (TPSA) is 55.1 Å². The molecule has 0 saturated heterocycles. The van der Waals surface area contributed by atoms with Crippen molar-refractivity contribution in [3.63, 3.8) is 0 Å². The zero-order valence-corrected chi connectivity index (χ0v) is 11.8. The molecule has 3 nitrogen and oxygen atoms in total. The summed E-state index contributed by atoms with van der Waals surface area (Å²) in [7, 11) is 0. The number of benzene rings is 1. The van der Waals surface area contributed by atoms with Crippen molar-refractivity contribution in [2.45, 2.75) is 46.6 Å². The molecule has 1 rings (SSSR count). The summed E-state index contributed by atoms with van der Waals surface area (Å²) >= 11 is 0. The van der Waals surface area contributed by atoms with E-state index in [1.165, 1.54) is 0 Å². The van der Waals surface area contributed by atoms with Crippen molar-refractivity contribution in [3.8, 4) is 0 Å². The summed E-state index contributed by atoms with van der Waals surface area (Å²) in [6.07, 6.45) is 2.13. The molecule has 1 atom stereocenters. The normalized spacial score (nSPS) is 12.5. The fourth-order valence-electron chi connectivity index (χ4n) is 1.74. The van der Waals surface area contributed by atoms with Crippen LogP contribution < -0.4 is 11.1 Å². The van der Waals surface area contributed by atoms with E-state index in [2.05, 4.69) is 19.2 Å². The summed E-state index contributed by atoms with van der Waals surface area (Å²) < 4.78 is 0. The fraction of sp³-hybridized carbons (Fsp3) is 0.533. The van der Waals surface area contributed by atoms with E-state index in [1.807, 2.05) is 26.0 Å². The van der Waals surface area contributed by atoms with Crippen LogP contribution in [0.5, 0.6) is 0 Å². The van der Waals surface area contributed by atoms with Crippen LogP contribution in [0.4, 0.5) is 5.69 Å². The quantitative estimate of drug-likeness (QED) is 0.787. The van der Waals surface area contributed by atoms with Crippen LogP contribution in [0.2, 0.25) is 0 Å². The Morgan fingerprint density at radius 2 is 1.94 bits per heavy atom. The van der Waals surface area contributed by atoms with E-state index in [0.29, 0.717) is 17.2 Å². The monoisotopic (exact) mass is 248 g/mol. The first-order chi connectivity index (χ1) is 8.40. The third-order valence-electron chi connectivity index (χ3n) is 3.10. The predicted octanol–water partition coefficient (Wildman–Crippen LogP) is 3.13. The third-order valence-corrected chi connectivity index (χ3v) is 3.10. The Labute approximate surface area is 110 Å². The SMILES string of the molecule is Cc1ccc(C(=O)NC(C)CCC(C)C)cc1N. The molecular weight excluding hydrogens is 224 g/mol. The van der Waals surface area contributed by atoms with Crippen LogP contribution in [0.1, 0.15) is 49.5 Å². The zero-order chi connectivity index (χ0) is 13.7. The smallest absolute Gasteiger partial charge is 0.251 e. The number of amides is 1. The Hall–Kier alpha value is -1.51. The van der Waals surface area contributed by atoms with Gasteiger partial charge in [-0.1, -0.05) is 19.9 Å². The number of nitrogens with two attached hydrogens (primary N) is 1. The number of carbonyl (C=O) groups excluding carboxylic acids is 1. The summed E-state index contributed by atoms with van der Waals surface area (Å²) in [5.74, 6) is 0.623. The number of hydrogen-bond donors (Lipinski definition) is 2. The van der Waals surface area contributed by atoms with Crippen molar-refractivity contribution >= 4 is 11.6 Å². The summed E-state index contributed by atoms with van der Waals surface area (Å²) in [6, 6.07) is 5.63. The van der Waals surface area contributed by atoms with Gasteiger partial charge in [-0.25, -0.2) is 0 Å². The van der Waals surface area contributed by atoms with Crippen LogP contribution >= 0.6 is 0 Å². The average Bonchev–Trinajstić information content (AvgIpc) is 2.30. The van der Waals surface area contributed by atoms with E-state index in [-0.39, 0.29) is 11.9 Å².